The van der Waals surface area contributed by atoms with Gasteiger partial charge < -0.3 is 20.7 Å². The molecule has 11 heteroatoms. The summed E-state index contributed by atoms with van der Waals surface area (Å²) in [5.74, 6) is 2.73. The third kappa shape index (κ3) is 7.50. The molecule has 4 heterocycles. The number of rotatable bonds is 8. The van der Waals surface area contributed by atoms with Crippen LogP contribution in [0.15, 0.2) is 24.4 Å². The van der Waals surface area contributed by atoms with E-state index in [2.05, 4.69) is 20.9 Å². The van der Waals surface area contributed by atoms with E-state index in [1.807, 2.05) is 18.2 Å². The second-order valence-electron chi connectivity index (χ2n) is 10.8. The Morgan fingerprint density at radius 3 is 2.29 bits per heavy atom. The van der Waals surface area contributed by atoms with Gasteiger partial charge in [-0.15, -0.1) is 0 Å². The summed E-state index contributed by atoms with van der Waals surface area (Å²) < 4.78 is 28.8. The fourth-order valence-corrected chi connectivity index (χ4v) is 7.52. The summed E-state index contributed by atoms with van der Waals surface area (Å²) in [6.07, 6.45) is 9.36. The van der Waals surface area contributed by atoms with Crippen LogP contribution >= 0.6 is 23.2 Å². The molecule has 0 aromatic carbocycles. The maximum Gasteiger partial charge on any atom is 0.150 e. The van der Waals surface area contributed by atoms with Crippen molar-refractivity contribution in [2.45, 2.75) is 69.5 Å². The molecule has 2 aliphatic heterocycles. The van der Waals surface area contributed by atoms with Crippen molar-refractivity contribution >= 4 is 44.7 Å². The number of nitrogens with one attached hydrogen (secondary N) is 3. The van der Waals surface area contributed by atoms with E-state index in [4.69, 9.17) is 32.9 Å². The Morgan fingerprint density at radius 1 is 0.868 bits per heavy atom. The molecular formula is C27H37Cl2N5O3S. The maximum absolute atomic E-state index is 11.7. The van der Waals surface area contributed by atoms with Gasteiger partial charge in [0.1, 0.15) is 21.5 Å². The van der Waals surface area contributed by atoms with E-state index in [9.17, 15) is 8.42 Å². The molecule has 0 bridgehead atoms. The Bertz CT molecular complexity index is 1190. The number of hydrogen-bond acceptors (Lipinski definition) is 8. The summed E-state index contributed by atoms with van der Waals surface area (Å²) in [7, 11) is -2.83. The molecular weight excluding hydrogens is 545 g/mol. The van der Waals surface area contributed by atoms with Crippen molar-refractivity contribution in [2.24, 2.45) is 5.92 Å². The first-order valence-corrected chi connectivity index (χ1v) is 16.3. The quantitative estimate of drug-likeness (QED) is 0.391. The van der Waals surface area contributed by atoms with Gasteiger partial charge in [-0.1, -0.05) is 23.2 Å². The minimum absolute atomic E-state index is 0.305. The molecule has 1 saturated carbocycles. The topological polar surface area (TPSA) is 105 Å². The Hall–Kier alpha value is -1.65. The molecule has 3 N–H and O–H groups in total. The van der Waals surface area contributed by atoms with Crippen LogP contribution in [-0.2, 0) is 14.6 Å². The molecule has 0 unspecified atom stereocenters. The number of sulfone groups is 1. The molecule has 0 atom stereocenters. The van der Waals surface area contributed by atoms with Gasteiger partial charge in [0.2, 0.25) is 0 Å². The minimum Gasteiger partial charge on any atom is -0.381 e. The molecule has 2 aromatic rings. The van der Waals surface area contributed by atoms with Crippen LogP contribution < -0.4 is 16.0 Å². The van der Waals surface area contributed by atoms with Gasteiger partial charge in [0.15, 0.2) is 0 Å². The minimum atomic E-state index is -2.83. The summed E-state index contributed by atoms with van der Waals surface area (Å²) in [5, 5.41) is 11.8. The molecule has 3 aliphatic rings. The molecule has 2 saturated heterocycles. The first kappa shape index (κ1) is 27.9. The van der Waals surface area contributed by atoms with Crippen LogP contribution in [0.5, 0.6) is 0 Å². The summed E-state index contributed by atoms with van der Waals surface area (Å²) in [5.41, 5.74) is 1.40. The largest absolute Gasteiger partial charge is 0.381 e. The molecule has 8 nitrogen and oxygen atoms in total. The summed E-state index contributed by atoms with van der Waals surface area (Å²) in [6, 6.07) is 6.76. The smallest absolute Gasteiger partial charge is 0.150 e. The van der Waals surface area contributed by atoms with Crippen LogP contribution in [-0.4, -0.2) is 67.8 Å². The van der Waals surface area contributed by atoms with Gasteiger partial charge >= 0.3 is 0 Å². The second-order valence-corrected chi connectivity index (χ2v) is 13.9. The van der Waals surface area contributed by atoms with Crippen molar-refractivity contribution in [2.75, 3.05) is 41.9 Å². The molecule has 2 aromatic heterocycles. The molecule has 5 rings (SSSR count). The van der Waals surface area contributed by atoms with Crippen LogP contribution in [0.1, 0.15) is 51.4 Å². The zero-order valence-electron chi connectivity index (χ0n) is 21.6. The number of pyridine rings is 2. The SMILES string of the molecule is O=S1(=O)CCC(N[C@H]2CC[C@H](Nc3cc(-c4nc(NCC5CCOCC5)ccc4Cl)c(Cl)cn3)CC2)CC1. The van der Waals surface area contributed by atoms with E-state index in [0.29, 0.717) is 51.3 Å². The number of hydrogen-bond donors (Lipinski definition) is 3. The third-order valence-corrected chi connectivity index (χ3v) is 10.3. The maximum atomic E-state index is 11.7. The van der Waals surface area contributed by atoms with Crippen molar-refractivity contribution < 1.29 is 13.2 Å². The lowest BCUT2D eigenvalue weighted by atomic mass is 9.90. The summed E-state index contributed by atoms with van der Waals surface area (Å²) in [4.78, 5) is 9.31. The van der Waals surface area contributed by atoms with Crippen molar-refractivity contribution in [3.05, 3.63) is 34.4 Å². The van der Waals surface area contributed by atoms with Crippen molar-refractivity contribution in [1.29, 1.82) is 0 Å². The molecule has 0 radical (unpaired) electrons. The van der Waals surface area contributed by atoms with E-state index in [1.165, 1.54) is 0 Å². The lowest BCUT2D eigenvalue weighted by Crippen LogP contribution is -2.45. The Balaban J connectivity index is 1.17. The lowest BCUT2D eigenvalue weighted by molar-refractivity contribution is 0.0699. The Labute approximate surface area is 235 Å². The monoisotopic (exact) mass is 581 g/mol. The number of aromatic nitrogens is 2. The number of anilines is 2. The van der Waals surface area contributed by atoms with Gasteiger partial charge in [-0.25, -0.2) is 18.4 Å². The zero-order chi connectivity index (χ0) is 26.5. The van der Waals surface area contributed by atoms with Gasteiger partial charge in [-0.2, -0.15) is 0 Å². The van der Waals surface area contributed by atoms with E-state index in [-0.39, 0.29) is 0 Å². The highest BCUT2D eigenvalue weighted by Crippen LogP contribution is 2.34. The van der Waals surface area contributed by atoms with Crippen LogP contribution in [0.3, 0.4) is 0 Å². The molecule has 1 aliphatic carbocycles. The molecule has 208 valence electrons. The molecule has 38 heavy (non-hydrogen) atoms. The van der Waals surface area contributed by atoms with Gasteiger partial charge in [0.25, 0.3) is 0 Å². The highest BCUT2D eigenvalue weighted by molar-refractivity contribution is 7.91. The number of halogens is 2. The average Bonchev–Trinajstić information content (AvgIpc) is 2.92. The van der Waals surface area contributed by atoms with E-state index >= 15 is 0 Å². The first-order valence-electron chi connectivity index (χ1n) is 13.7. The van der Waals surface area contributed by atoms with E-state index in [1.54, 1.807) is 6.20 Å². The predicted molar refractivity (Wildman–Crippen MR) is 154 cm³/mol. The van der Waals surface area contributed by atoms with E-state index in [0.717, 1.165) is 88.3 Å². The van der Waals surface area contributed by atoms with Crippen LogP contribution in [0.25, 0.3) is 11.3 Å². The summed E-state index contributed by atoms with van der Waals surface area (Å²) in [6.45, 7) is 2.49. The number of ether oxygens (including phenoxy) is 1. The van der Waals surface area contributed by atoms with Crippen molar-refractivity contribution in [3.63, 3.8) is 0 Å². The highest BCUT2D eigenvalue weighted by atomic mass is 35.5. The first-order chi connectivity index (χ1) is 18.3. The third-order valence-electron chi connectivity index (χ3n) is 7.97. The molecule has 3 fully saturated rings. The van der Waals surface area contributed by atoms with Crippen LogP contribution in [0.2, 0.25) is 10.0 Å². The van der Waals surface area contributed by atoms with E-state index < -0.39 is 9.84 Å². The van der Waals surface area contributed by atoms with Crippen LogP contribution in [0.4, 0.5) is 11.6 Å². The van der Waals surface area contributed by atoms with Gasteiger partial charge in [-0.3, -0.25) is 0 Å². The fourth-order valence-electron chi connectivity index (χ4n) is 5.63. The lowest BCUT2D eigenvalue weighted by Gasteiger charge is -2.34. The van der Waals surface area contributed by atoms with Crippen LogP contribution in [0, 0.1) is 5.92 Å². The normalized spacial score (nSPS) is 24.7. The Kier molecular flexibility index (Phi) is 9.31. The standard InChI is InChI=1S/C27H37Cl2N5O3S/c28-23-5-6-25(30-16-18-7-11-37-12-8-18)34-27(23)22-15-26(31-17-24(22)29)33-20-3-1-19(2-4-20)32-21-9-13-38(35,36)14-10-21/h5-6,15,17-21,32H,1-4,7-14,16H2,(H,30,34)(H,31,33)/t19-,20-. The number of nitrogens with zero attached hydrogens (tertiary/aromatic N) is 2. The summed E-state index contributed by atoms with van der Waals surface area (Å²) >= 11 is 13.1. The zero-order valence-corrected chi connectivity index (χ0v) is 23.9. The van der Waals surface area contributed by atoms with Crippen molar-refractivity contribution in [3.8, 4) is 11.3 Å². The Morgan fingerprint density at radius 2 is 1.55 bits per heavy atom. The molecule has 0 spiro atoms. The van der Waals surface area contributed by atoms with Gasteiger partial charge in [0, 0.05) is 49.6 Å². The predicted octanol–water partition coefficient (Wildman–Crippen LogP) is 5.18. The van der Waals surface area contributed by atoms with Gasteiger partial charge in [0.05, 0.1) is 27.2 Å². The highest BCUT2D eigenvalue weighted by Gasteiger charge is 2.28. The van der Waals surface area contributed by atoms with Crippen molar-refractivity contribution in [1.82, 2.24) is 15.3 Å². The fraction of sp³-hybridized carbons (Fsp3) is 0.630. The average molecular weight is 583 g/mol. The molecule has 0 amide bonds. The second kappa shape index (κ2) is 12.7. The van der Waals surface area contributed by atoms with Gasteiger partial charge in [-0.05, 0) is 75.5 Å².